The van der Waals surface area contributed by atoms with E-state index in [1.807, 2.05) is 25.1 Å². The lowest BCUT2D eigenvalue weighted by atomic mass is 10.1. The van der Waals surface area contributed by atoms with E-state index in [9.17, 15) is 4.79 Å². The van der Waals surface area contributed by atoms with E-state index in [2.05, 4.69) is 6.58 Å². The molecule has 0 aliphatic rings. The maximum Gasteiger partial charge on any atom is 0.166 e. The Morgan fingerprint density at radius 2 is 2.20 bits per heavy atom. The molecule has 0 N–H and O–H groups in total. The van der Waals surface area contributed by atoms with Crippen molar-refractivity contribution < 1.29 is 9.53 Å². The predicted molar refractivity (Wildman–Crippen MR) is 61.4 cm³/mol. The molecule has 0 aromatic heterocycles. The quantitative estimate of drug-likeness (QED) is 0.525. The van der Waals surface area contributed by atoms with Crippen LogP contribution < -0.4 is 4.74 Å². The summed E-state index contributed by atoms with van der Waals surface area (Å²) < 4.78 is 5.39. The SMILES string of the molecule is C=CCCC(=O)c1ccccc1OCC. The molecule has 1 rings (SSSR count). The van der Waals surface area contributed by atoms with Gasteiger partial charge in [-0.2, -0.15) is 0 Å². The molecule has 0 aliphatic heterocycles. The van der Waals surface area contributed by atoms with Crippen LogP contribution in [0.1, 0.15) is 30.1 Å². The van der Waals surface area contributed by atoms with E-state index in [1.165, 1.54) is 0 Å². The number of ketones is 1. The Labute approximate surface area is 90.6 Å². The van der Waals surface area contributed by atoms with Crippen molar-refractivity contribution in [2.75, 3.05) is 6.61 Å². The number of carbonyl (C=O) groups is 1. The van der Waals surface area contributed by atoms with Crippen LogP contribution in [0, 0.1) is 0 Å². The van der Waals surface area contributed by atoms with Crippen LogP contribution in [-0.2, 0) is 0 Å². The highest BCUT2D eigenvalue weighted by Gasteiger charge is 2.10. The molecular weight excluding hydrogens is 188 g/mol. The van der Waals surface area contributed by atoms with Gasteiger partial charge in [-0.15, -0.1) is 6.58 Å². The Morgan fingerprint density at radius 3 is 2.87 bits per heavy atom. The predicted octanol–water partition coefficient (Wildman–Crippen LogP) is 3.23. The molecule has 0 spiro atoms. The van der Waals surface area contributed by atoms with E-state index < -0.39 is 0 Å². The van der Waals surface area contributed by atoms with Gasteiger partial charge in [0.05, 0.1) is 12.2 Å². The van der Waals surface area contributed by atoms with Gasteiger partial charge in [-0.3, -0.25) is 4.79 Å². The number of hydrogen-bond acceptors (Lipinski definition) is 2. The minimum absolute atomic E-state index is 0.110. The van der Waals surface area contributed by atoms with Crippen LogP contribution >= 0.6 is 0 Å². The van der Waals surface area contributed by atoms with Crippen molar-refractivity contribution in [1.82, 2.24) is 0 Å². The number of ether oxygens (including phenoxy) is 1. The van der Waals surface area contributed by atoms with Crippen molar-refractivity contribution in [1.29, 1.82) is 0 Å². The van der Waals surface area contributed by atoms with Gasteiger partial charge in [-0.05, 0) is 25.5 Å². The first-order valence-corrected chi connectivity index (χ1v) is 5.15. The van der Waals surface area contributed by atoms with Crippen LogP contribution in [0.15, 0.2) is 36.9 Å². The lowest BCUT2D eigenvalue weighted by molar-refractivity contribution is 0.0980. The smallest absolute Gasteiger partial charge is 0.166 e. The van der Waals surface area contributed by atoms with E-state index in [4.69, 9.17) is 4.74 Å². The fourth-order valence-electron chi connectivity index (χ4n) is 1.35. The van der Waals surface area contributed by atoms with Crippen LogP contribution in [-0.4, -0.2) is 12.4 Å². The molecule has 0 atom stereocenters. The second kappa shape index (κ2) is 6.02. The van der Waals surface area contributed by atoms with Gasteiger partial charge in [0.15, 0.2) is 5.78 Å². The van der Waals surface area contributed by atoms with Gasteiger partial charge < -0.3 is 4.74 Å². The van der Waals surface area contributed by atoms with Crippen molar-refractivity contribution in [2.24, 2.45) is 0 Å². The number of benzene rings is 1. The molecule has 80 valence electrons. The summed E-state index contributed by atoms with van der Waals surface area (Å²) in [5.74, 6) is 0.785. The van der Waals surface area contributed by atoms with Gasteiger partial charge in [-0.1, -0.05) is 18.2 Å². The lowest BCUT2D eigenvalue weighted by Crippen LogP contribution is -2.03. The summed E-state index contributed by atoms with van der Waals surface area (Å²) in [4.78, 5) is 11.8. The summed E-state index contributed by atoms with van der Waals surface area (Å²) in [5, 5.41) is 0. The Bertz CT molecular complexity index is 342. The summed E-state index contributed by atoms with van der Waals surface area (Å²) in [6.07, 6.45) is 2.95. The highest BCUT2D eigenvalue weighted by Crippen LogP contribution is 2.20. The van der Waals surface area contributed by atoms with Gasteiger partial charge in [0.25, 0.3) is 0 Å². The van der Waals surface area contributed by atoms with Crippen molar-refractivity contribution >= 4 is 5.78 Å². The highest BCUT2D eigenvalue weighted by atomic mass is 16.5. The summed E-state index contributed by atoms with van der Waals surface area (Å²) in [5.41, 5.74) is 0.668. The first kappa shape index (κ1) is 11.5. The third-order valence-corrected chi connectivity index (χ3v) is 2.06. The Kier molecular flexibility index (Phi) is 4.61. The standard InChI is InChI=1S/C13H16O2/c1-3-5-9-12(14)11-8-6-7-10-13(11)15-4-2/h3,6-8,10H,1,4-5,9H2,2H3. The fraction of sp³-hybridized carbons (Fsp3) is 0.308. The monoisotopic (exact) mass is 204 g/mol. The van der Waals surface area contributed by atoms with Gasteiger partial charge in [0.2, 0.25) is 0 Å². The molecule has 0 radical (unpaired) electrons. The molecule has 0 amide bonds. The van der Waals surface area contributed by atoms with Crippen molar-refractivity contribution in [3.05, 3.63) is 42.5 Å². The van der Waals surface area contributed by atoms with Gasteiger partial charge >= 0.3 is 0 Å². The average molecular weight is 204 g/mol. The van der Waals surface area contributed by atoms with Crippen molar-refractivity contribution in [3.63, 3.8) is 0 Å². The third kappa shape index (κ3) is 3.24. The van der Waals surface area contributed by atoms with Crippen LogP contribution in [0.5, 0.6) is 5.75 Å². The van der Waals surface area contributed by atoms with Crippen LogP contribution in [0.4, 0.5) is 0 Å². The summed E-state index contributed by atoms with van der Waals surface area (Å²) >= 11 is 0. The topological polar surface area (TPSA) is 26.3 Å². The maximum atomic E-state index is 11.8. The van der Waals surface area contributed by atoms with Crippen molar-refractivity contribution in [2.45, 2.75) is 19.8 Å². The lowest BCUT2D eigenvalue weighted by Gasteiger charge is -2.08. The molecule has 0 saturated carbocycles. The van der Waals surface area contributed by atoms with Crippen LogP contribution in [0.25, 0.3) is 0 Å². The number of hydrogen-bond donors (Lipinski definition) is 0. The third-order valence-electron chi connectivity index (χ3n) is 2.06. The fourth-order valence-corrected chi connectivity index (χ4v) is 1.35. The summed E-state index contributed by atoms with van der Waals surface area (Å²) in [7, 11) is 0. The molecular formula is C13H16O2. The Hall–Kier alpha value is -1.57. The normalized spacial score (nSPS) is 9.67. The summed E-state index contributed by atoms with van der Waals surface area (Å²) in [6.45, 7) is 6.08. The molecule has 2 nitrogen and oxygen atoms in total. The molecule has 0 bridgehead atoms. The van der Waals surface area contributed by atoms with Gasteiger partial charge in [0.1, 0.15) is 5.75 Å². The van der Waals surface area contributed by atoms with E-state index in [-0.39, 0.29) is 5.78 Å². The van der Waals surface area contributed by atoms with E-state index in [1.54, 1.807) is 12.1 Å². The van der Waals surface area contributed by atoms with Gasteiger partial charge in [-0.25, -0.2) is 0 Å². The first-order valence-electron chi connectivity index (χ1n) is 5.15. The second-order valence-electron chi connectivity index (χ2n) is 3.18. The molecule has 0 aliphatic carbocycles. The van der Waals surface area contributed by atoms with E-state index in [0.29, 0.717) is 30.8 Å². The minimum atomic E-state index is 0.110. The van der Waals surface area contributed by atoms with Crippen LogP contribution in [0.3, 0.4) is 0 Å². The molecule has 15 heavy (non-hydrogen) atoms. The number of para-hydroxylation sites is 1. The molecule has 1 aromatic carbocycles. The molecule has 2 heteroatoms. The zero-order valence-corrected chi connectivity index (χ0v) is 9.03. The maximum absolute atomic E-state index is 11.8. The zero-order chi connectivity index (χ0) is 11.1. The second-order valence-corrected chi connectivity index (χ2v) is 3.18. The molecule has 0 fully saturated rings. The van der Waals surface area contributed by atoms with Crippen LogP contribution in [0.2, 0.25) is 0 Å². The highest BCUT2D eigenvalue weighted by molar-refractivity contribution is 5.98. The van der Waals surface area contributed by atoms with E-state index >= 15 is 0 Å². The number of rotatable bonds is 6. The zero-order valence-electron chi connectivity index (χ0n) is 9.03. The average Bonchev–Trinajstić information content (AvgIpc) is 2.27. The number of allylic oxidation sites excluding steroid dienone is 1. The Morgan fingerprint density at radius 1 is 1.47 bits per heavy atom. The molecule has 0 saturated heterocycles. The minimum Gasteiger partial charge on any atom is -0.493 e. The largest absolute Gasteiger partial charge is 0.493 e. The first-order chi connectivity index (χ1) is 7.29. The molecule has 0 unspecified atom stereocenters. The molecule has 1 aromatic rings. The number of carbonyl (C=O) groups excluding carboxylic acids is 1. The van der Waals surface area contributed by atoms with Crippen molar-refractivity contribution in [3.8, 4) is 5.75 Å². The van der Waals surface area contributed by atoms with E-state index in [0.717, 1.165) is 0 Å². The summed E-state index contributed by atoms with van der Waals surface area (Å²) in [6, 6.07) is 7.35. The van der Waals surface area contributed by atoms with Gasteiger partial charge in [0, 0.05) is 6.42 Å². The molecule has 0 heterocycles. The Balaban J connectivity index is 2.81. The number of Topliss-reactive ketones (excluding diaryl/α,β-unsaturated/α-hetero) is 1.